The number of nitrogen functional groups attached to an aromatic ring is 1. The monoisotopic (exact) mass is 479 g/mol. The number of methoxy groups -OCH3 is 1. The van der Waals surface area contributed by atoms with Crippen molar-refractivity contribution in [2.75, 3.05) is 44.8 Å². The number of hydrogen-bond acceptors (Lipinski definition) is 8. The molecule has 0 saturated heterocycles. The first-order valence-electron chi connectivity index (χ1n) is 9.26. The van der Waals surface area contributed by atoms with Crippen LogP contribution >= 0.6 is 25.9 Å². The Morgan fingerprint density at radius 3 is 2.13 bits per heavy atom. The summed E-state index contributed by atoms with van der Waals surface area (Å²) in [7, 11) is -3.45. The van der Waals surface area contributed by atoms with Crippen molar-refractivity contribution in [3.05, 3.63) is 41.4 Å². The first kappa shape index (κ1) is 23.3. The van der Waals surface area contributed by atoms with Crippen molar-refractivity contribution in [3.8, 4) is 17.1 Å². The van der Waals surface area contributed by atoms with Gasteiger partial charge in [0.25, 0.3) is 0 Å². The standard InChI is InChI=1S/C20H24ClN5O3P2/c1-29-19-14(10-11-15(24-19)31(4,5)28)23-20-25-17(16(21)18(22)26-20)12-6-8-13(9-7-12)30(2,3)27/h6-11H,1-5H3,(H3,22,23,25,26). The Bertz CT molecular complexity index is 1220. The Balaban J connectivity index is 2.00. The Morgan fingerprint density at radius 2 is 1.58 bits per heavy atom. The summed E-state index contributed by atoms with van der Waals surface area (Å²) in [6.45, 7) is 6.70. The van der Waals surface area contributed by atoms with Gasteiger partial charge < -0.3 is 24.9 Å². The molecule has 0 aliphatic rings. The van der Waals surface area contributed by atoms with Gasteiger partial charge in [0, 0.05) is 10.9 Å². The van der Waals surface area contributed by atoms with E-state index in [4.69, 9.17) is 22.1 Å². The lowest BCUT2D eigenvalue weighted by Gasteiger charge is -2.14. The predicted molar refractivity (Wildman–Crippen MR) is 129 cm³/mol. The van der Waals surface area contributed by atoms with Gasteiger partial charge in [-0.05, 0) is 38.8 Å². The second-order valence-corrected chi connectivity index (χ2v) is 14.5. The van der Waals surface area contributed by atoms with Crippen LogP contribution in [0, 0.1) is 0 Å². The number of aromatic nitrogens is 3. The molecule has 3 aromatic rings. The Morgan fingerprint density at radius 1 is 0.935 bits per heavy atom. The van der Waals surface area contributed by atoms with Crippen LogP contribution in [0.3, 0.4) is 0 Å². The van der Waals surface area contributed by atoms with Gasteiger partial charge in [0.1, 0.15) is 36.2 Å². The maximum atomic E-state index is 12.3. The highest BCUT2D eigenvalue weighted by Gasteiger charge is 2.19. The molecule has 2 aromatic heterocycles. The van der Waals surface area contributed by atoms with E-state index in [-0.39, 0.29) is 22.7 Å². The Hall–Kier alpha value is -2.40. The SMILES string of the molecule is COc1nc(P(C)(C)=O)ccc1Nc1nc(N)c(Cl)c(-c2ccc(P(C)(C)=O)cc2)n1. The average Bonchev–Trinajstić information content (AvgIpc) is 2.69. The van der Waals surface area contributed by atoms with Crippen molar-refractivity contribution >= 4 is 54.1 Å². The molecule has 1 aromatic carbocycles. The van der Waals surface area contributed by atoms with Gasteiger partial charge in [0.2, 0.25) is 11.8 Å². The number of anilines is 3. The quantitative estimate of drug-likeness (QED) is 0.508. The van der Waals surface area contributed by atoms with E-state index in [1.807, 2.05) is 0 Å². The van der Waals surface area contributed by atoms with E-state index in [0.29, 0.717) is 22.4 Å². The molecule has 0 unspecified atom stereocenters. The molecule has 8 nitrogen and oxygen atoms in total. The molecule has 0 bridgehead atoms. The third kappa shape index (κ3) is 5.27. The summed E-state index contributed by atoms with van der Waals surface area (Å²) in [5.74, 6) is 0.554. The molecule has 164 valence electrons. The lowest BCUT2D eigenvalue weighted by Crippen LogP contribution is -2.11. The molecule has 31 heavy (non-hydrogen) atoms. The van der Waals surface area contributed by atoms with Crippen LogP contribution in [0.2, 0.25) is 5.02 Å². The summed E-state index contributed by atoms with van der Waals surface area (Å²) >= 11 is 6.36. The molecule has 0 fully saturated rings. The molecule has 0 aliphatic carbocycles. The number of nitrogens with zero attached hydrogens (tertiary/aromatic N) is 3. The van der Waals surface area contributed by atoms with Gasteiger partial charge in [-0.25, -0.2) is 9.97 Å². The molecule has 2 heterocycles. The van der Waals surface area contributed by atoms with Gasteiger partial charge in [0.15, 0.2) is 0 Å². The zero-order chi connectivity index (χ0) is 23.0. The third-order valence-corrected chi connectivity index (χ3v) is 7.74. The van der Waals surface area contributed by atoms with E-state index in [9.17, 15) is 9.13 Å². The van der Waals surface area contributed by atoms with Crippen LogP contribution in [0.1, 0.15) is 0 Å². The fourth-order valence-corrected chi connectivity index (χ4v) is 4.62. The lowest BCUT2D eigenvalue weighted by atomic mass is 10.1. The van der Waals surface area contributed by atoms with Crippen molar-refractivity contribution < 1.29 is 13.9 Å². The van der Waals surface area contributed by atoms with Gasteiger partial charge in [-0.3, -0.25) is 0 Å². The molecule has 0 amide bonds. The van der Waals surface area contributed by atoms with Crippen molar-refractivity contribution in [1.29, 1.82) is 0 Å². The highest BCUT2D eigenvalue weighted by molar-refractivity contribution is 7.70. The maximum absolute atomic E-state index is 12.3. The fraction of sp³-hybridized carbons (Fsp3) is 0.250. The number of hydrogen-bond donors (Lipinski definition) is 2. The zero-order valence-electron chi connectivity index (χ0n) is 17.9. The number of benzene rings is 1. The summed E-state index contributed by atoms with van der Waals surface area (Å²) in [5, 5.41) is 4.01. The zero-order valence-corrected chi connectivity index (χ0v) is 20.4. The van der Waals surface area contributed by atoms with E-state index in [0.717, 1.165) is 5.30 Å². The van der Waals surface area contributed by atoms with E-state index in [1.54, 1.807) is 63.1 Å². The molecule has 3 rings (SSSR count). The van der Waals surface area contributed by atoms with Crippen molar-refractivity contribution in [2.24, 2.45) is 0 Å². The lowest BCUT2D eigenvalue weighted by molar-refractivity contribution is 0.401. The Labute approximate surface area is 186 Å². The number of nitrogens with one attached hydrogen (secondary N) is 1. The summed E-state index contributed by atoms with van der Waals surface area (Å²) in [4.78, 5) is 13.0. The van der Waals surface area contributed by atoms with Crippen LogP contribution in [-0.4, -0.2) is 48.7 Å². The fourth-order valence-electron chi connectivity index (χ4n) is 2.79. The molecule has 0 radical (unpaired) electrons. The predicted octanol–water partition coefficient (Wildman–Crippen LogP) is 4.02. The van der Waals surface area contributed by atoms with E-state index < -0.39 is 14.3 Å². The smallest absolute Gasteiger partial charge is 0.238 e. The number of nitrogens with two attached hydrogens (primary N) is 1. The van der Waals surface area contributed by atoms with Crippen LogP contribution in [0.25, 0.3) is 11.3 Å². The van der Waals surface area contributed by atoms with Gasteiger partial charge >= 0.3 is 0 Å². The summed E-state index contributed by atoms with van der Waals surface area (Å²) in [5.41, 5.74) is 8.09. The molecular weight excluding hydrogens is 456 g/mol. The first-order chi connectivity index (χ1) is 14.4. The van der Waals surface area contributed by atoms with E-state index in [1.165, 1.54) is 7.11 Å². The Kier molecular flexibility index (Phi) is 6.47. The van der Waals surface area contributed by atoms with E-state index >= 15 is 0 Å². The van der Waals surface area contributed by atoms with Gasteiger partial charge in [-0.1, -0.05) is 35.9 Å². The molecule has 3 N–H and O–H groups in total. The number of pyridine rings is 1. The minimum absolute atomic E-state index is 0.102. The first-order valence-corrected chi connectivity index (χ1v) is 14.8. The minimum atomic E-state index is -2.55. The van der Waals surface area contributed by atoms with E-state index in [2.05, 4.69) is 20.3 Å². The second kappa shape index (κ2) is 8.62. The molecule has 0 aliphatic heterocycles. The molecule has 11 heteroatoms. The van der Waals surface area contributed by atoms with Crippen molar-refractivity contribution in [2.45, 2.75) is 0 Å². The highest BCUT2D eigenvalue weighted by Crippen LogP contribution is 2.38. The highest BCUT2D eigenvalue weighted by atomic mass is 35.5. The van der Waals surface area contributed by atoms with Crippen molar-refractivity contribution in [1.82, 2.24) is 15.0 Å². The number of halogens is 1. The largest absolute Gasteiger partial charge is 0.479 e. The normalized spacial score (nSPS) is 11.9. The van der Waals surface area contributed by atoms with Gasteiger partial charge in [-0.15, -0.1) is 0 Å². The molecule has 0 spiro atoms. The summed E-state index contributed by atoms with van der Waals surface area (Å²) in [6, 6.07) is 10.5. The summed E-state index contributed by atoms with van der Waals surface area (Å²) in [6.07, 6.45) is 0. The summed E-state index contributed by atoms with van der Waals surface area (Å²) < 4.78 is 29.9. The van der Waals surface area contributed by atoms with Crippen LogP contribution in [0.15, 0.2) is 36.4 Å². The van der Waals surface area contributed by atoms with Crippen LogP contribution < -0.4 is 26.5 Å². The average molecular weight is 480 g/mol. The maximum Gasteiger partial charge on any atom is 0.238 e. The van der Waals surface area contributed by atoms with Gasteiger partial charge in [-0.2, -0.15) is 4.98 Å². The second-order valence-electron chi connectivity index (χ2n) is 7.69. The minimum Gasteiger partial charge on any atom is -0.479 e. The van der Waals surface area contributed by atoms with Crippen molar-refractivity contribution in [3.63, 3.8) is 0 Å². The number of ether oxygens (including phenoxy) is 1. The number of rotatable bonds is 6. The van der Waals surface area contributed by atoms with Gasteiger partial charge in [0.05, 0.1) is 12.8 Å². The molecule has 0 saturated carbocycles. The van der Waals surface area contributed by atoms with Crippen LogP contribution in [0.5, 0.6) is 5.88 Å². The van der Waals surface area contributed by atoms with Crippen LogP contribution in [0.4, 0.5) is 17.5 Å². The molecule has 0 atom stereocenters. The van der Waals surface area contributed by atoms with Crippen LogP contribution in [-0.2, 0) is 9.13 Å². The third-order valence-electron chi connectivity index (χ3n) is 4.48. The molecular formula is C20H24ClN5O3P2. The topological polar surface area (TPSA) is 120 Å².